The van der Waals surface area contributed by atoms with Crippen LogP contribution >= 0.6 is 0 Å². The Bertz CT molecular complexity index is 772. The van der Waals surface area contributed by atoms with Gasteiger partial charge in [-0.3, -0.25) is 15.4 Å². The molecule has 1 aromatic carbocycles. The van der Waals surface area contributed by atoms with Gasteiger partial charge in [0.05, 0.1) is 4.92 Å². The van der Waals surface area contributed by atoms with Gasteiger partial charge >= 0.3 is 12.2 Å². The second-order valence-electron chi connectivity index (χ2n) is 8.90. The van der Waals surface area contributed by atoms with E-state index >= 15 is 0 Å². The monoisotopic (exact) mass is 405 g/mol. The molecule has 1 atom stereocenters. The molecule has 0 aromatic heterocycles. The molecule has 2 aliphatic rings. The lowest BCUT2D eigenvalue weighted by Crippen LogP contribution is -2.50. The fourth-order valence-corrected chi connectivity index (χ4v) is 3.32. The van der Waals surface area contributed by atoms with E-state index in [-0.39, 0.29) is 11.4 Å². The molecule has 1 aliphatic heterocycles. The lowest BCUT2D eigenvalue weighted by atomic mass is 9.93. The van der Waals surface area contributed by atoms with Crippen molar-refractivity contribution in [1.82, 2.24) is 10.2 Å². The summed E-state index contributed by atoms with van der Waals surface area (Å²) < 4.78 is 10.7. The Morgan fingerprint density at radius 3 is 2.21 bits per heavy atom. The number of nitrogens with zero attached hydrogens (tertiary/aromatic N) is 2. The van der Waals surface area contributed by atoms with Crippen LogP contribution < -0.4 is 10.1 Å². The minimum Gasteiger partial charge on any atom is -0.425 e. The third-order valence-electron chi connectivity index (χ3n) is 5.55. The van der Waals surface area contributed by atoms with Gasteiger partial charge in [0.2, 0.25) is 0 Å². The van der Waals surface area contributed by atoms with Crippen LogP contribution in [0.15, 0.2) is 24.3 Å². The minimum atomic E-state index is -0.891. The van der Waals surface area contributed by atoms with Crippen LogP contribution in [-0.2, 0) is 4.74 Å². The van der Waals surface area contributed by atoms with Crippen LogP contribution in [0.25, 0.3) is 0 Å². The number of nitro groups is 1. The minimum absolute atomic E-state index is 0.103. The number of nitro benzene ring substituents is 1. The summed E-state index contributed by atoms with van der Waals surface area (Å²) in [6.07, 6.45) is 2.35. The van der Waals surface area contributed by atoms with Crippen LogP contribution in [0.3, 0.4) is 0 Å². The highest BCUT2D eigenvalue weighted by molar-refractivity contribution is 5.72. The first-order valence-electron chi connectivity index (χ1n) is 9.76. The molecule has 29 heavy (non-hydrogen) atoms. The van der Waals surface area contributed by atoms with E-state index in [9.17, 15) is 19.7 Å². The molecule has 1 N–H and O–H groups in total. The normalized spacial score (nSPS) is 18.7. The van der Waals surface area contributed by atoms with Crippen molar-refractivity contribution in [3.05, 3.63) is 34.4 Å². The summed E-state index contributed by atoms with van der Waals surface area (Å²) in [7, 11) is 0. The van der Waals surface area contributed by atoms with Crippen LogP contribution in [0.4, 0.5) is 15.3 Å². The fraction of sp³-hybridized carbons (Fsp3) is 0.600. The first-order chi connectivity index (χ1) is 13.6. The predicted octanol–water partition coefficient (Wildman–Crippen LogP) is 4.07. The molecule has 1 aliphatic carbocycles. The molecule has 2 amide bonds. The zero-order valence-corrected chi connectivity index (χ0v) is 17.0. The van der Waals surface area contributed by atoms with Crippen LogP contribution in [0.5, 0.6) is 5.75 Å². The maximum absolute atomic E-state index is 12.6. The first-order valence-corrected chi connectivity index (χ1v) is 9.76. The van der Waals surface area contributed by atoms with Crippen molar-refractivity contribution in [3.8, 4) is 5.75 Å². The third-order valence-corrected chi connectivity index (χ3v) is 5.55. The Labute approximate surface area is 169 Å². The summed E-state index contributed by atoms with van der Waals surface area (Å²) in [5.74, 6) is 0.151. The molecule has 1 saturated heterocycles. The van der Waals surface area contributed by atoms with Gasteiger partial charge in [0, 0.05) is 30.6 Å². The molecular formula is C20H27N3O6. The molecule has 1 unspecified atom stereocenters. The Hall–Kier alpha value is -2.84. The molecule has 0 radical (unpaired) electrons. The Morgan fingerprint density at radius 2 is 1.72 bits per heavy atom. The number of piperidine rings is 1. The van der Waals surface area contributed by atoms with E-state index in [0.717, 1.165) is 12.8 Å². The van der Waals surface area contributed by atoms with E-state index in [1.54, 1.807) is 4.90 Å². The van der Waals surface area contributed by atoms with Gasteiger partial charge in [0.1, 0.15) is 5.75 Å². The zero-order valence-electron chi connectivity index (χ0n) is 17.0. The highest BCUT2D eigenvalue weighted by Gasteiger charge is 2.45. The van der Waals surface area contributed by atoms with Crippen LogP contribution in [0.2, 0.25) is 0 Å². The van der Waals surface area contributed by atoms with Crippen molar-refractivity contribution in [2.45, 2.75) is 52.7 Å². The van der Waals surface area contributed by atoms with Gasteiger partial charge in [0.25, 0.3) is 5.69 Å². The smallest absolute Gasteiger partial charge is 0.415 e. The number of carbonyl (C=O) groups excluding carboxylic acids is 2. The van der Waals surface area contributed by atoms with Gasteiger partial charge in [-0.2, -0.15) is 0 Å². The van der Waals surface area contributed by atoms with Crippen LogP contribution in [-0.4, -0.2) is 41.3 Å². The van der Waals surface area contributed by atoms with Crippen molar-refractivity contribution in [1.29, 1.82) is 0 Å². The average molecular weight is 405 g/mol. The average Bonchev–Trinajstić information content (AvgIpc) is 3.40. The molecule has 0 bridgehead atoms. The molecule has 9 nitrogen and oxygen atoms in total. The van der Waals surface area contributed by atoms with Crippen molar-refractivity contribution in [3.63, 3.8) is 0 Å². The maximum atomic E-state index is 12.6. The molecule has 3 rings (SSSR count). The Morgan fingerprint density at radius 1 is 1.14 bits per heavy atom. The second kappa shape index (κ2) is 7.88. The molecule has 1 saturated carbocycles. The molecular weight excluding hydrogens is 378 g/mol. The van der Waals surface area contributed by atoms with Crippen molar-refractivity contribution < 1.29 is 24.0 Å². The summed E-state index contributed by atoms with van der Waals surface area (Å²) in [4.78, 5) is 36.7. The molecule has 2 fully saturated rings. The molecule has 158 valence electrons. The maximum Gasteiger partial charge on any atom is 0.415 e. The zero-order chi connectivity index (χ0) is 21.2. The van der Waals surface area contributed by atoms with Crippen LogP contribution in [0.1, 0.15) is 46.5 Å². The number of hydrogen-bond donors (Lipinski definition) is 1. The number of carbonyl (C=O) groups is 2. The number of ether oxygens (including phenoxy) is 2. The number of nitrogens with one attached hydrogen (secondary N) is 1. The number of hydrogen-bond acceptors (Lipinski definition) is 6. The number of amides is 2. The molecule has 1 aromatic rings. The Balaban J connectivity index is 1.56. The summed E-state index contributed by atoms with van der Waals surface area (Å²) >= 11 is 0. The number of likely N-dealkylation sites (tertiary alicyclic amines) is 1. The number of rotatable bonds is 4. The highest BCUT2D eigenvalue weighted by atomic mass is 16.6. The van der Waals surface area contributed by atoms with Gasteiger partial charge in [0.15, 0.2) is 6.23 Å². The van der Waals surface area contributed by atoms with E-state index in [2.05, 4.69) is 5.32 Å². The van der Waals surface area contributed by atoms with Crippen LogP contribution in [0, 0.1) is 20.9 Å². The van der Waals surface area contributed by atoms with E-state index in [1.165, 1.54) is 37.1 Å². The van der Waals surface area contributed by atoms with E-state index < -0.39 is 28.8 Å². The summed E-state index contributed by atoms with van der Waals surface area (Å²) in [6.45, 7) is 6.86. The van der Waals surface area contributed by atoms with Gasteiger partial charge in [-0.1, -0.05) is 20.8 Å². The predicted molar refractivity (Wildman–Crippen MR) is 104 cm³/mol. The van der Waals surface area contributed by atoms with E-state index in [1.807, 2.05) is 20.8 Å². The third kappa shape index (κ3) is 5.36. The number of benzene rings is 1. The largest absolute Gasteiger partial charge is 0.425 e. The molecule has 1 heterocycles. The molecule has 1 spiro atoms. The molecule has 9 heteroatoms. The van der Waals surface area contributed by atoms with Crippen molar-refractivity contribution in [2.75, 3.05) is 13.1 Å². The Kier molecular flexibility index (Phi) is 5.68. The van der Waals surface area contributed by atoms with Crippen molar-refractivity contribution >= 4 is 17.9 Å². The highest BCUT2D eigenvalue weighted by Crippen LogP contribution is 2.53. The van der Waals surface area contributed by atoms with Crippen molar-refractivity contribution in [2.24, 2.45) is 10.8 Å². The lowest BCUT2D eigenvalue weighted by Gasteiger charge is -2.35. The first kappa shape index (κ1) is 20.9. The fourth-order valence-electron chi connectivity index (χ4n) is 3.32. The number of non-ortho nitro benzene ring substituents is 1. The van der Waals surface area contributed by atoms with E-state index in [4.69, 9.17) is 9.47 Å². The van der Waals surface area contributed by atoms with Gasteiger partial charge in [-0.05, 0) is 43.2 Å². The topological polar surface area (TPSA) is 111 Å². The SMILES string of the molecule is CC(C)(C)C(NC(=O)Oc1ccc([N+](=O)[O-])cc1)OC(=O)N1CCC2(CC1)CC2. The standard InChI is InChI=1S/C20H27N3O6/c1-19(2,3)16(29-18(25)22-12-10-20(8-9-20)11-13-22)21-17(24)28-15-6-4-14(5-7-15)23(26)27/h4-7,16H,8-13H2,1-3H3,(H,21,24). The van der Waals surface area contributed by atoms with Gasteiger partial charge in [-0.25, -0.2) is 9.59 Å². The summed E-state index contributed by atoms with van der Waals surface area (Å²) in [6, 6.07) is 5.15. The quantitative estimate of drug-likeness (QED) is 0.459. The van der Waals surface area contributed by atoms with Gasteiger partial charge in [-0.15, -0.1) is 0 Å². The summed E-state index contributed by atoms with van der Waals surface area (Å²) in [5, 5.41) is 13.3. The van der Waals surface area contributed by atoms with E-state index in [0.29, 0.717) is 18.5 Å². The second-order valence-corrected chi connectivity index (χ2v) is 8.90. The lowest BCUT2D eigenvalue weighted by molar-refractivity contribution is -0.384. The summed E-state index contributed by atoms with van der Waals surface area (Å²) in [5.41, 5.74) is -0.209. The van der Waals surface area contributed by atoms with Gasteiger partial charge < -0.3 is 14.4 Å².